The molecule has 0 aromatic rings. The number of carbonyl (C=O) groups excluding carboxylic acids is 1. The Hall–Kier alpha value is -1.03. The Kier molecular flexibility index (Phi) is 5.97. The molecule has 0 saturated heterocycles. The summed E-state index contributed by atoms with van der Waals surface area (Å²) < 4.78 is 4.43. The molecule has 0 aromatic heterocycles. The van der Waals surface area contributed by atoms with Crippen LogP contribution in [0.25, 0.3) is 0 Å². The number of ether oxygens (including phenoxy) is 1. The SMILES string of the molecule is COC(=O)/C=C/NCC(C)N(C)C. The van der Waals surface area contributed by atoms with Crippen LogP contribution in [0.5, 0.6) is 0 Å². The lowest BCUT2D eigenvalue weighted by molar-refractivity contribution is -0.134. The molecule has 0 amide bonds. The van der Waals surface area contributed by atoms with Crippen molar-refractivity contribution in [2.75, 3.05) is 27.7 Å². The van der Waals surface area contributed by atoms with Crippen LogP contribution < -0.4 is 5.32 Å². The van der Waals surface area contributed by atoms with Crippen LogP contribution in [0.15, 0.2) is 12.3 Å². The molecular weight excluding hydrogens is 168 g/mol. The molecule has 0 rings (SSSR count). The molecule has 0 aliphatic carbocycles. The van der Waals surface area contributed by atoms with Crippen molar-refractivity contribution >= 4 is 5.97 Å². The number of methoxy groups -OCH3 is 1. The van der Waals surface area contributed by atoms with Gasteiger partial charge < -0.3 is 15.0 Å². The first-order valence-electron chi connectivity index (χ1n) is 4.22. The van der Waals surface area contributed by atoms with E-state index in [1.165, 1.54) is 13.2 Å². The molecule has 76 valence electrons. The Labute approximate surface area is 79.6 Å². The molecule has 0 aromatic carbocycles. The average molecular weight is 186 g/mol. The number of hydrogen-bond acceptors (Lipinski definition) is 4. The summed E-state index contributed by atoms with van der Waals surface area (Å²) in [6, 6.07) is 0.433. The van der Waals surface area contributed by atoms with E-state index in [2.05, 4.69) is 21.9 Å². The molecule has 0 radical (unpaired) electrons. The lowest BCUT2D eigenvalue weighted by Gasteiger charge is -2.19. The Morgan fingerprint density at radius 1 is 1.62 bits per heavy atom. The third-order valence-electron chi connectivity index (χ3n) is 1.83. The van der Waals surface area contributed by atoms with E-state index in [1.54, 1.807) is 6.20 Å². The fraction of sp³-hybridized carbons (Fsp3) is 0.667. The van der Waals surface area contributed by atoms with Crippen LogP contribution in [-0.2, 0) is 9.53 Å². The molecule has 4 nitrogen and oxygen atoms in total. The fourth-order valence-corrected chi connectivity index (χ4v) is 0.616. The van der Waals surface area contributed by atoms with Gasteiger partial charge in [-0.3, -0.25) is 0 Å². The van der Waals surface area contributed by atoms with Crippen LogP contribution in [0.3, 0.4) is 0 Å². The van der Waals surface area contributed by atoms with Crippen LogP contribution in [0, 0.1) is 0 Å². The third-order valence-corrected chi connectivity index (χ3v) is 1.83. The molecule has 0 spiro atoms. The van der Waals surface area contributed by atoms with Crippen LogP contribution in [0.1, 0.15) is 6.92 Å². The summed E-state index contributed by atoms with van der Waals surface area (Å²) >= 11 is 0. The molecule has 13 heavy (non-hydrogen) atoms. The largest absolute Gasteiger partial charge is 0.466 e. The maximum Gasteiger partial charge on any atom is 0.331 e. The van der Waals surface area contributed by atoms with Crippen molar-refractivity contribution in [3.05, 3.63) is 12.3 Å². The van der Waals surface area contributed by atoms with Gasteiger partial charge in [0.15, 0.2) is 0 Å². The predicted octanol–water partition coefficient (Wildman–Crippen LogP) is 0.213. The van der Waals surface area contributed by atoms with Gasteiger partial charge in [0, 0.05) is 24.9 Å². The van der Waals surface area contributed by atoms with Crippen LogP contribution in [-0.4, -0.2) is 44.7 Å². The summed E-state index contributed by atoms with van der Waals surface area (Å²) in [6.07, 6.45) is 2.97. The zero-order valence-corrected chi connectivity index (χ0v) is 8.70. The van der Waals surface area contributed by atoms with E-state index in [0.29, 0.717) is 6.04 Å². The fourth-order valence-electron chi connectivity index (χ4n) is 0.616. The highest BCUT2D eigenvalue weighted by Crippen LogP contribution is 1.87. The van der Waals surface area contributed by atoms with Crippen molar-refractivity contribution in [2.45, 2.75) is 13.0 Å². The Morgan fingerprint density at radius 3 is 2.69 bits per heavy atom. The van der Waals surface area contributed by atoms with Gasteiger partial charge in [-0.05, 0) is 21.0 Å². The molecule has 0 bridgehead atoms. The van der Waals surface area contributed by atoms with Gasteiger partial charge in [-0.25, -0.2) is 4.79 Å². The average Bonchev–Trinajstić information content (AvgIpc) is 2.11. The highest BCUT2D eigenvalue weighted by Gasteiger charge is 2.01. The first kappa shape index (κ1) is 12.0. The Balaban J connectivity index is 3.55. The van der Waals surface area contributed by atoms with Crippen molar-refractivity contribution in [3.63, 3.8) is 0 Å². The quantitative estimate of drug-likeness (QED) is 0.492. The highest BCUT2D eigenvalue weighted by atomic mass is 16.5. The minimum Gasteiger partial charge on any atom is -0.466 e. The van der Waals surface area contributed by atoms with Crippen LogP contribution in [0.4, 0.5) is 0 Å². The predicted molar refractivity (Wildman–Crippen MR) is 52.3 cm³/mol. The molecular formula is C9H18N2O2. The summed E-state index contributed by atoms with van der Waals surface area (Å²) in [5, 5.41) is 3.01. The molecule has 4 heteroatoms. The van der Waals surface area contributed by atoms with Crippen molar-refractivity contribution in [1.29, 1.82) is 0 Å². The Morgan fingerprint density at radius 2 is 2.23 bits per heavy atom. The van der Waals surface area contributed by atoms with Crippen molar-refractivity contribution in [2.24, 2.45) is 0 Å². The van der Waals surface area contributed by atoms with E-state index in [9.17, 15) is 4.79 Å². The molecule has 1 N–H and O–H groups in total. The normalized spacial score (nSPS) is 13.3. The number of rotatable bonds is 5. The van der Waals surface area contributed by atoms with E-state index in [4.69, 9.17) is 0 Å². The molecule has 1 unspecified atom stereocenters. The number of nitrogens with one attached hydrogen (secondary N) is 1. The zero-order chi connectivity index (χ0) is 10.3. The number of carbonyl (C=O) groups is 1. The van der Waals surface area contributed by atoms with Crippen LogP contribution >= 0.6 is 0 Å². The minimum absolute atomic E-state index is 0.343. The van der Waals surface area contributed by atoms with Gasteiger partial charge in [0.1, 0.15) is 0 Å². The lowest BCUT2D eigenvalue weighted by Crippen LogP contribution is -2.33. The van der Waals surface area contributed by atoms with Gasteiger partial charge in [-0.15, -0.1) is 0 Å². The van der Waals surface area contributed by atoms with Gasteiger partial charge in [0.05, 0.1) is 7.11 Å². The van der Waals surface area contributed by atoms with E-state index in [1.807, 2.05) is 14.1 Å². The molecule has 1 atom stereocenters. The second-order valence-electron chi connectivity index (χ2n) is 3.08. The first-order chi connectivity index (χ1) is 6.07. The summed E-state index contributed by atoms with van der Waals surface area (Å²) in [6.45, 7) is 2.90. The molecule has 0 aliphatic rings. The standard InChI is InChI=1S/C9H18N2O2/c1-8(11(2)3)7-10-6-5-9(12)13-4/h5-6,8,10H,7H2,1-4H3/b6-5+. The third kappa shape index (κ3) is 6.16. The number of nitrogens with zero attached hydrogens (tertiary/aromatic N) is 1. The minimum atomic E-state index is -0.343. The Bertz CT molecular complexity index is 178. The second kappa shape index (κ2) is 6.48. The monoisotopic (exact) mass is 186 g/mol. The first-order valence-corrected chi connectivity index (χ1v) is 4.22. The van der Waals surface area contributed by atoms with Crippen molar-refractivity contribution in [3.8, 4) is 0 Å². The summed E-state index contributed by atoms with van der Waals surface area (Å²) in [4.78, 5) is 12.7. The van der Waals surface area contributed by atoms with Crippen molar-refractivity contribution < 1.29 is 9.53 Å². The van der Waals surface area contributed by atoms with Crippen LogP contribution in [0.2, 0.25) is 0 Å². The zero-order valence-electron chi connectivity index (χ0n) is 8.70. The number of likely N-dealkylation sites (N-methyl/N-ethyl adjacent to an activating group) is 1. The van der Waals surface area contributed by atoms with E-state index >= 15 is 0 Å². The van der Waals surface area contributed by atoms with Gasteiger partial charge in [0.25, 0.3) is 0 Å². The lowest BCUT2D eigenvalue weighted by atomic mass is 10.3. The summed E-state index contributed by atoms with van der Waals surface area (Å²) in [7, 11) is 5.38. The van der Waals surface area contributed by atoms with Gasteiger partial charge in [-0.2, -0.15) is 0 Å². The highest BCUT2D eigenvalue weighted by molar-refractivity contribution is 5.81. The maximum atomic E-state index is 10.6. The van der Waals surface area contributed by atoms with Gasteiger partial charge >= 0.3 is 5.97 Å². The molecule has 0 aliphatic heterocycles. The van der Waals surface area contributed by atoms with E-state index in [-0.39, 0.29) is 5.97 Å². The maximum absolute atomic E-state index is 10.6. The number of esters is 1. The van der Waals surface area contributed by atoms with Gasteiger partial charge in [0.2, 0.25) is 0 Å². The van der Waals surface area contributed by atoms with Gasteiger partial charge in [-0.1, -0.05) is 0 Å². The summed E-state index contributed by atoms with van der Waals surface area (Å²) in [5.41, 5.74) is 0. The topological polar surface area (TPSA) is 41.6 Å². The van der Waals surface area contributed by atoms with E-state index in [0.717, 1.165) is 6.54 Å². The summed E-state index contributed by atoms with van der Waals surface area (Å²) in [5.74, 6) is -0.343. The molecule has 0 fully saturated rings. The second-order valence-corrected chi connectivity index (χ2v) is 3.08. The number of hydrogen-bond donors (Lipinski definition) is 1. The molecule has 0 saturated carbocycles. The van der Waals surface area contributed by atoms with E-state index < -0.39 is 0 Å². The van der Waals surface area contributed by atoms with Crippen molar-refractivity contribution in [1.82, 2.24) is 10.2 Å². The smallest absolute Gasteiger partial charge is 0.331 e. The molecule has 0 heterocycles.